The second-order valence-corrected chi connectivity index (χ2v) is 5.37. The lowest BCUT2D eigenvalue weighted by Gasteiger charge is -2.16. The van der Waals surface area contributed by atoms with Crippen molar-refractivity contribution >= 4 is 5.97 Å². The highest BCUT2D eigenvalue weighted by Gasteiger charge is 2.41. The molecule has 0 fully saturated rings. The highest BCUT2D eigenvalue weighted by Crippen LogP contribution is 2.50. The summed E-state index contributed by atoms with van der Waals surface area (Å²) in [5.74, 6) is 0.373. The van der Waals surface area contributed by atoms with Crippen molar-refractivity contribution in [1.29, 1.82) is 0 Å². The summed E-state index contributed by atoms with van der Waals surface area (Å²) in [6.45, 7) is 0. The summed E-state index contributed by atoms with van der Waals surface area (Å²) < 4.78 is 21.6. The van der Waals surface area contributed by atoms with Crippen LogP contribution in [0.1, 0.15) is 23.1 Å². The van der Waals surface area contributed by atoms with Gasteiger partial charge in [0.1, 0.15) is 23.5 Å². The average molecular weight is 330 g/mol. The van der Waals surface area contributed by atoms with Gasteiger partial charge in [0.2, 0.25) is 0 Å². The molecule has 6 heteroatoms. The minimum atomic E-state index is -0.957. The standard InChI is InChI=1S/C18H18O6/c1-21-11-6-4-10(5-7-11)17-16(18(19)20)12-8-14(22-2)15(23-3)9-13(12)24-17/h4-9,16-17H,1-3H3,(H,19,20)/t16-,17+/m0/s1. The van der Waals surface area contributed by atoms with E-state index in [0.29, 0.717) is 28.6 Å². The Hall–Kier alpha value is -2.89. The quantitative estimate of drug-likeness (QED) is 0.908. The van der Waals surface area contributed by atoms with Gasteiger partial charge in [-0.2, -0.15) is 0 Å². The van der Waals surface area contributed by atoms with Crippen LogP contribution in [0.5, 0.6) is 23.0 Å². The fourth-order valence-corrected chi connectivity index (χ4v) is 2.91. The van der Waals surface area contributed by atoms with Gasteiger partial charge in [-0.15, -0.1) is 0 Å². The second kappa shape index (κ2) is 6.31. The molecule has 0 saturated heterocycles. The molecule has 6 nitrogen and oxygen atoms in total. The van der Waals surface area contributed by atoms with Crippen molar-refractivity contribution in [3.05, 3.63) is 47.5 Å². The van der Waals surface area contributed by atoms with E-state index in [9.17, 15) is 9.90 Å². The molecule has 0 spiro atoms. The molecular weight excluding hydrogens is 312 g/mol. The Kier molecular flexibility index (Phi) is 4.20. The predicted octanol–water partition coefficient (Wildman–Crippen LogP) is 3.01. The largest absolute Gasteiger partial charge is 0.497 e. The minimum Gasteiger partial charge on any atom is -0.497 e. The molecular formula is C18H18O6. The lowest BCUT2D eigenvalue weighted by Crippen LogP contribution is -2.18. The SMILES string of the molecule is COc1ccc([C@H]2Oc3cc(OC)c(OC)cc3[C@@H]2C(=O)O)cc1. The molecule has 0 bridgehead atoms. The minimum absolute atomic E-state index is 0.474. The van der Waals surface area contributed by atoms with E-state index in [2.05, 4.69) is 0 Å². The van der Waals surface area contributed by atoms with Crippen LogP contribution >= 0.6 is 0 Å². The maximum Gasteiger partial charge on any atom is 0.315 e. The Balaban J connectivity index is 2.04. The van der Waals surface area contributed by atoms with Gasteiger partial charge in [0.15, 0.2) is 11.5 Å². The van der Waals surface area contributed by atoms with Crippen LogP contribution in [0.25, 0.3) is 0 Å². The molecule has 3 rings (SSSR count). The fourth-order valence-electron chi connectivity index (χ4n) is 2.91. The first kappa shape index (κ1) is 16.0. The zero-order chi connectivity index (χ0) is 17.3. The summed E-state index contributed by atoms with van der Waals surface area (Å²) in [7, 11) is 4.61. The van der Waals surface area contributed by atoms with Gasteiger partial charge < -0.3 is 24.1 Å². The summed E-state index contributed by atoms with van der Waals surface area (Å²) in [5.41, 5.74) is 1.33. The summed E-state index contributed by atoms with van der Waals surface area (Å²) in [5, 5.41) is 9.71. The van der Waals surface area contributed by atoms with Crippen LogP contribution in [0.3, 0.4) is 0 Å². The molecule has 1 heterocycles. The zero-order valence-electron chi connectivity index (χ0n) is 13.6. The van der Waals surface area contributed by atoms with Crippen molar-refractivity contribution in [2.75, 3.05) is 21.3 Å². The topological polar surface area (TPSA) is 74.2 Å². The molecule has 24 heavy (non-hydrogen) atoms. The van der Waals surface area contributed by atoms with Crippen molar-refractivity contribution in [3.63, 3.8) is 0 Å². The van der Waals surface area contributed by atoms with Gasteiger partial charge in [-0.1, -0.05) is 12.1 Å². The number of carboxylic acids is 1. The Morgan fingerprint density at radius 3 is 2.17 bits per heavy atom. The smallest absolute Gasteiger partial charge is 0.315 e. The molecule has 2 aromatic carbocycles. The van der Waals surface area contributed by atoms with Crippen molar-refractivity contribution < 1.29 is 28.8 Å². The highest BCUT2D eigenvalue weighted by molar-refractivity contribution is 5.80. The number of methoxy groups -OCH3 is 3. The molecule has 1 N–H and O–H groups in total. The Bertz CT molecular complexity index is 753. The molecule has 0 saturated carbocycles. The van der Waals surface area contributed by atoms with Crippen LogP contribution in [0, 0.1) is 0 Å². The lowest BCUT2D eigenvalue weighted by atomic mass is 9.91. The number of aliphatic carboxylic acids is 1. The van der Waals surface area contributed by atoms with E-state index in [1.54, 1.807) is 43.5 Å². The van der Waals surface area contributed by atoms with Gasteiger partial charge in [0.25, 0.3) is 0 Å². The molecule has 0 aromatic heterocycles. The van der Waals surface area contributed by atoms with Crippen LogP contribution in [-0.2, 0) is 4.79 Å². The molecule has 126 valence electrons. The predicted molar refractivity (Wildman–Crippen MR) is 86.3 cm³/mol. The van der Waals surface area contributed by atoms with Crippen LogP contribution in [0.4, 0.5) is 0 Å². The maximum atomic E-state index is 11.8. The first-order valence-corrected chi connectivity index (χ1v) is 7.38. The van der Waals surface area contributed by atoms with E-state index in [-0.39, 0.29) is 0 Å². The normalized spacial score (nSPS) is 18.5. The van der Waals surface area contributed by atoms with Crippen LogP contribution < -0.4 is 18.9 Å². The van der Waals surface area contributed by atoms with Crippen molar-refractivity contribution in [2.45, 2.75) is 12.0 Å². The van der Waals surface area contributed by atoms with Gasteiger partial charge in [0, 0.05) is 11.6 Å². The number of ether oxygens (including phenoxy) is 4. The Labute approximate surface area is 139 Å². The highest BCUT2D eigenvalue weighted by atomic mass is 16.5. The number of carbonyl (C=O) groups is 1. The molecule has 0 unspecified atom stereocenters. The number of fused-ring (bicyclic) bond motifs is 1. The average Bonchev–Trinajstić information content (AvgIpc) is 2.98. The van der Waals surface area contributed by atoms with Crippen molar-refractivity contribution in [3.8, 4) is 23.0 Å². The van der Waals surface area contributed by atoms with Crippen molar-refractivity contribution in [1.82, 2.24) is 0 Å². The van der Waals surface area contributed by atoms with E-state index in [4.69, 9.17) is 18.9 Å². The van der Waals surface area contributed by atoms with Crippen LogP contribution in [0.15, 0.2) is 36.4 Å². The van der Waals surface area contributed by atoms with Gasteiger partial charge >= 0.3 is 5.97 Å². The molecule has 1 aliphatic heterocycles. The zero-order valence-corrected chi connectivity index (χ0v) is 13.6. The van der Waals surface area contributed by atoms with Crippen LogP contribution in [0.2, 0.25) is 0 Å². The first-order chi connectivity index (χ1) is 11.6. The third-order valence-electron chi connectivity index (χ3n) is 4.12. The number of hydrogen-bond donors (Lipinski definition) is 1. The van der Waals surface area contributed by atoms with Gasteiger partial charge in [-0.05, 0) is 23.8 Å². The van der Waals surface area contributed by atoms with E-state index in [1.807, 2.05) is 0 Å². The maximum absolute atomic E-state index is 11.8. The van der Waals surface area contributed by atoms with Gasteiger partial charge in [0.05, 0.1) is 21.3 Å². The number of rotatable bonds is 5. The number of carboxylic acid groups (broad SMARTS) is 1. The van der Waals surface area contributed by atoms with Crippen LogP contribution in [-0.4, -0.2) is 32.4 Å². The molecule has 1 aliphatic rings. The number of benzene rings is 2. The third kappa shape index (κ3) is 2.60. The van der Waals surface area contributed by atoms with E-state index in [1.165, 1.54) is 14.2 Å². The summed E-state index contributed by atoms with van der Waals surface area (Å²) >= 11 is 0. The van der Waals surface area contributed by atoms with E-state index in [0.717, 1.165) is 5.56 Å². The van der Waals surface area contributed by atoms with E-state index >= 15 is 0 Å². The third-order valence-corrected chi connectivity index (χ3v) is 4.12. The molecule has 0 radical (unpaired) electrons. The Morgan fingerprint density at radius 2 is 1.62 bits per heavy atom. The number of hydrogen-bond acceptors (Lipinski definition) is 5. The monoisotopic (exact) mass is 330 g/mol. The molecule has 2 aromatic rings. The molecule has 0 amide bonds. The summed E-state index contributed by atoms with van der Waals surface area (Å²) in [6.07, 6.45) is -0.625. The summed E-state index contributed by atoms with van der Waals surface area (Å²) in [4.78, 5) is 11.8. The van der Waals surface area contributed by atoms with Gasteiger partial charge in [-0.25, -0.2) is 0 Å². The molecule has 0 aliphatic carbocycles. The second-order valence-electron chi connectivity index (χ2n) is 5.37. The Morgan fingerprint density at radius 1 is 1.00 bits per heavy atom. The lowest BCUT2D eigenvalue weighted by molar-refractivity contribution is -0.140. The van der Waals surface area contributed by atoms with Crippen molar-refractivity contribution in [2.24, 2.45) is 0 Å². The van der Waals surface area contributed by atoms with E-state index < -0.39 is 18.0 Å². The first-order valence-electron chi connectivity index (χ1n) is 7.38. The van der Waals surface area contributed by atoms with Gasteiger partial charge in [-0.3, -0.25) is 4.79 Å². The fraction of sp³-hybridized carbons (Fsp3) is 0.278. The summed E-state index contributed by atoms with van der Waals surface area (Å²) in [6, 6.07) is 10.5. The molecule has 2 atom stereocenters.